The van der Waals surface area contributed by atoms with Crippen molar-refractivity contribution >= 4 is 29.1 Å². The van der Waals surface area contributed by atoms with Gasteiger partial charge in [-0.25, -0.2) is 0 Å². The Kier molecular flexibility index (Phi) is 4.71. The van der Waals surface area contributed by atoms with Gasteiger partial charge in [-0.3, -0.25) is 34.3 Å². The van der Waals surface area contributed by atoms with E-state index >= 15 is 0 Å². The molecule has 0 N–H and O–H groups in total. The fourth-order valence-corrected chi connectivity index (χ4v) is 6.44. The van der Waals surface area contributed by atoms with E-state index in [4.69, 9.17) is 0 Å². The summed E-state index contributed by atoms with van der Waals surface area (Å²) in [6.45, 7) is 3.60. The molecule has 7 rings (SSSR count). The van der Waals surface area contributed by atoms with Gasteiger partial charge in [-0.1, -0.05) is 24.3 Å². The monoisotopic (exact) mass is 471 g/mol. The van der Waals surface area contributed by atoms with Gasteiger partial charge in [-0.05, 0) is 73.3 Å². The third-order valence-corrected chi connectivity index (χ3v) is 8.26. The summed E-state index contributed by atoms with van der Waals surface area (Å²) in [5.74, 6) is -0.278. The van der Waals surface area contributed by atoms with E-state index in [1.807, 2.05) is 32.0 Å². The van der Waals surface area contributed by atoms with Gasteiger partial charge in [0.1, 0.15) is 6.67 Å². The largest absolute Gasteiger partial charge is 0.289 e. The Morgan fingerprint density at radius 1 is 1.00 bits per heavy atom. The van der Waals surface area contributed by atoms with Crippen LogP contribution in [0.4, 0.5) is 11.4 Å². The normalized spacial score (nSPS) is 29.7. The highest BCUT2D eigenvalue weighted by molar-refractivity contribution is 6.10. The number of benzene rings is 2. The lowest BCUT2D eigenvalue weighted by molar-refractivity contribution is -0.384. The first-order valence-corrected chi connectivity index (χ1v) is 11.9. The minimum atomic E-state index is -0.521. The van der Waals surface area contributed by atoms with Gasteiger partial charge in [-0.2, -0.15) is 0 Å². The summed E-state index contributed by atoms with van der Waals surface area (Å²) in [4.78, 5) is 54.1. The van der Waals surface area contributed by atoms with E-state index in [9.17, 15) is 24.5 Å². The van der Waals surface area contributed by atoms with Crippen LogP contribution in [0.3, 0.4) is 0 Å². The minimum Gasteiger partial charge on any atom is -0.289 e. The number of likely N-dealkylation sites (tertiary alicyclic amines) is 1. The smallest absolute Gasteiger partial charge is 0.269 e. The van der Waals surface area contributed by atoms with Crippen molar-refractivity contribution in [3.05, 3.63) is 81.4 Å². The predicted molar refractivity (Wildman–Crippen MR) is 127 cm³/mol. The highest BCUT2D eigenvalue weighted by Crippen LogP contribution is 2.65. The zero-order valence-electron chi connectivity index (χ0n) is 19.5. The summed E-state index contributed by atoms with van der Waals surface area (Å²) in [5, 5.41) is 11.1. The molecule has 8 nitrogen and oxygen atoms in total. The molecular formula is C27H25N3O5. The molecule has 6 unspecified atom stereocenters. The Hall–Kier alpha value is -3.81. The Morgan fingerprint density at radius 2 is 1.60 bits per heavy atom. The molecule has 178 valence electrons. The standard InChI is InChI=1S/C27H25N3O5/c1-14-3-4-15(2)22(11-14)28(25(31)16-5-7-17(8-6-16)30(34)35)13-29-26(32)23-18-9-10-19(21-12-20(18)21)24(23)27(29)33/h3-11,18-21,23-24H,12-13H2,1-2H3. The molecule has 2 saturated carbocycles. The van der Waals surface area contributed by atoms with E-state index in [0.717, 1.165) is 17.5 Å². The zero-order chi connectivity index (χ0) is 24.6. The number of rotatable bonds is 5. The molecule has 5 aliphatic rings. The number of imide groups is 1. The molecule has 0 spiro atoms. The average Bonchev–Trinajstić information content (AvgIpc) is 3.64. The second-order valence-corrected chi connectivity index (χ2v) is 10.2. The van der Waals surface area contributed by atoms with Crippen LogP contribution in [0.15, 0.2) is 54.6 Å². The van der Waals surface area contributed by atoms with Gasteiger partial charge in [0.25, 0.3) is 11.6 Å². The second kappa shape index (κ2) is 7.60. The van der Waals surface area contributed by atoms with Gasteiger partial charge in [0.2, 0.25) is 11.8 Å². The number of aryl methyl sites for hydroxylation is 2. The quantitative estimate of drug-likeness (QED) is 0.285. The molecule has 8 heteroatoms. The Balaban J connectivity index is 1.36. The number of anilines is 1. The van der Waals surface area contributed by atoms with Crippen molar-refractivity contribution in [1.82, 2.24) is 4.90 Å². The fourth-order valence-electron chi connectivity index (χ4n) is 6.44. The predicted octanol–water partition coefficient (Wildman–Crippen LogP) is 3.87. The molecule has 1 saturated heterocycles. The lowest BCUT2D eigenvalue weighted by Crippen LogP contribution is -2.45. The molecule has 0 radical (unpaired) electrons. The first-order valence-electron chi connectivity index (χ1n) is 11.9. The van der Waals surface area contributed by atoms with Crippen molar-refractivity contribution in [2.75, 3.05) is 11.6 Å². The number of carbonyl (C=O) groups is 3. The number of nitro groups is 1. The van der Waals surface area contributed by atoms with Crippen LogP contribution in [-0.2, 0) is 9.59 Å². The second-order valence-electron chi connectivity index (χ2n) is 10.2. The molecular weight excluding hydrogens is 446 g/mol. The lowest BCUT2D eigenvalue weighted by Gasteiger charge is -2.37. The van der Waals surface area contributed by atoms with Crippen LogP contribution in [0.1, 0.15) is 27.9 Å². The van der Waals surface area contributed by atoms with Gasteiger partial charge in [-0.15, -0.1) is 0 Å². The summed E-state index contributed by atoms with van der Waals surface area (Å²) >= 11 is 0. The van der Waals surface area contributed by atoms with Crippen LogP contribution < -0.4 is 4.90 Å². The molecule has 2 aromatic carbocycles. The number of allylic oxidation sites excluding steroid dienone is 2. The molecule has 6 atom stereocenters. The summed E-state index contributed by atoms with van der Waals surface area (Å²) < 4.78 is 0. The number of nitro benzene ring substituents is 1. The molecule has 2 bridgehead atoms. The third-order valence-electron chi connectivity index (χ3n) is 8.26. The van der Waals surface area contributed by atoms with Crippen LogP contribution in [0, 0.1) is 59.5 Å². The SMILES string of the molecule is Cc1ccc(C)c(N(CN2C(=O)C3C4C=CC(C5CC45)C3C2=O)C(=O)c2ccc([N+](=O)[O-])cc2)c1. The summed E-state index contributed by atoms with van der Waals surface area (Å²) in [5.41, 5.74) is 2.49. The van der Waals surface area contributed by atoms with E-state index in [1.54, 1.807) is 0 Å². The Morgan fingerprint density at radius 3 is 2.17 bits per heavy atom. The Bertz CT molecular complexity index is 1280. The molecule has 0 aromatic heterocycles. The van der Waals surface area contributed by atoms with Crippen LogP contribution >= 0.6 is 0 Å². The van der Waals surface area contributed by atoms with Crippen molar-refractivity contribution in [3.8, 4) is 0 Å². The molecule has 1 heterocycles. The molecule has 1 aliphatic heterocycles. The number of hydrogen-bond acceptors (Lipinski definition) is 5. The van der Waals surface area contributed by atoms with Gasteiger partial charge in [0.15, 0.2) is 0 Å². The van der Waals surface area contributed by atoms with E-state index in [2.05, 4.69) is 12.2 Å². The van der Waals surface area contributed by atoms with Gasteiger partial charge < -0.3 is 0 Å². The third kappa shape index (κ3) is 3.23. The van der Waals surface area contributed by atoms with Crippen LogP contribution in [0.25, 0.3) is 0 Å². The van der Waals surface area contributed by atoms with Crippen LogP contribution in [0.2, 0.25) is 0 Å². The highest BCUT2D eigenvalue weighted by atomic mass is 16.6. The maximum absolute atomic E-state index is 13.7. The molecule has 4 aliphatic carbocycles. The van der Waals surface area contributed by atoms with Crippen molar-refractivity contribution in [3.63, 3.8) is 0 Å². The Labute approximate surface area is 202 Å². The van der Waals surface area contributed by atoms with Crippen LogP contribution in [-0.4, -0.2) is 34.2 Å². The van der Waals surface area contributed by atoms with Crippen molar-refractivity contribution in [2.45, 2.75) is 20.3 Å². The van der Waals surface area contributed by atoms with Crippen molar-refractivity contribution in [1.29, 1.82) is 0 Å². The fraction of sp³-hybridized carbons (Fsp3) is 0.370. The maximum atomic E-state index is 13.7. The highest BCUT2D eigenvalue weighted by Gasteiger charge is 2.67. The van der Waals surface area contributed by atoms with Gasteiger partial charge in [0.05, 0.1) is 16.8 Å². The average molecular weight is 472 g/mol. The summed E-state index contributed by atoms with van der Waals surface area (Å²) in [7, 11) is 0. The molecule has 3 fully saturated rings. The number of amides is 3. The summed E-state index contributed by atoms with van der Waals surface area (Å²) in [6, 6.07) is 11.1. The van der Waals surface area contributed by atoms with Crippen LogP contribution in [0.5, 0.6) is 0 Å². The number of hydrogen-bond donors (Lipinski definition) is 0. The number of nitrogens with zero attached hydrogens (tertiary/aromatic N) is 3. The lowest BCUT2D eigenvalue weighted by atomic mass is 9.63. The maximum Gasteiger partial charge on any atom is 0.269 e. The zero-order valence-corrected chi connectivity index (χ0v) is 19.5. The van der Waals surface area contributed by atoms with E-state index in [-0.39, 0.29) is 53.4 Å². The topological polar surface area (TPSA) is 101 Å². The van der Waals surface area contributed by atoms with Gasteiger partial charge >= 0.3 is 0 Å². The van der Waals surface area contributed by atoms with Crippen molar-refractivity contribution in [2.24, 2.45) is 35.5 Å². The first kappa shape index (κ1) is 21.7. The number of non-ortho nitro benzene ring substituents is 1. The minimum absolute atomic E-state index is 0.107. The van der Waals surface area contributed by atoms with E-state index in [1.165, 1.54) is 34.1 Å². The van der Waals surface area contributed by atoms with E-state index < -0.39 is 10.8 Å². The van der Waals surface area contributed by atoms with Gasteiger partial charge in [0, 0.05) is 23.4 Å². The molecule has 2 aromatic rings. The molecule has 3 amide bonds. The van der Waals surface area contributed by atoms with Crippen molar-refractivity contribution < 1.29 is 19.3 Å². The summed E-state index contributed by atoms with van der Waals surface area (Å²) in [6.07, 6.45) is 5.33. The molecule has 35 heavy (non-hydrogen) atoms. The number of carbonyl (C=O) groups excluding carboxylic acids is 3. The first-order chi connectivity index (χ1) is 16.8. The van der Waals surface area contributed by atoms with E-state index in [0.29, 0.717) is 17.5 Å².